The van der Waals surface area contributed by atoms with E-state index in [-0.39, 0.29) is 0 Å². The Bertz CT molecular complexity index is 310. The van der Waals surface area contributed by atoms with Gasteiger partial charge in [0, 0.05) is 7.14 Å². The van der Waals surface area contributed by atoms with Crippen LogP contribution in [0, 0.1) is 7.14 Å². The molecule has 0 saturated heterocycles. The van der Waals surface area contributed by atoms with Crippen molar-refractivity contribution in [1.29, 1.82) is 0 Å². The average Bonchev–Trinajstić information content (AvgIpc) is 2.03. The Morgan fingerprint density at radius 3 is 2.58 bits per heavy atom. The van der Waals surface area contributed by atoms with E-state index in [1.165, 1.54) is 0 Å². The summed E-state index contributed by atoms with van der Waals surface area (Å²) in [4.78, 5) is 10.6. The number of carbonyl (C=O) groups is 1. The number of carbonyl (C=O) groups excluding carboxylic acids is 1. The van der Waals surface area contributed by atoms with E-state index in [1.54, 1.807) is 7.11 Å². The van der Waals surface area contributed by atoms with Gasteiger partial charge in [-0.05, 0) is 57.3 Å². The second-order valence-electron chi connectivity index (χ2n) is 2.12. The Labute approximate surface area is 98.0 Å². The van der Waals surface area contributed by atoms with Crippen LogP contribution in [0.2, 0.25) is 0 Å². The van der Waals surface area contributed by atoms with Crippen LogP contribution >= 0.6 is 45.2 Å². The zero-order chi connectivity index (χ0) is 9.14. The third-order valence-corrected chi connectivity index (χ3v) is 2.91. The summed E-state index contributed by atoms with van der Waals surface area (Å²) >= 11 is 4.31. The van der Waals surface area contributed by atoms with Crippen molar-refractivity contribution in [2.45, 2.75) is 0 Å². The van der Waals surface area contributed by atoms with Crippen LogP contribution in [-0.4, -0.2) is 13.4 Å². The summed E-state index contributed by atoms with van der Waals surface area (Å²) in [5, 5.41) is 0. The van der Waals surface area contributed by atoms with Crippen LogP contribution < -0.4 is 4.74 Å². The lowest BCUT2D eigenvalue weighted by molar-refractivity contribution is 0.112. The number of benzene rings is 1. The summed E-state index contributed by atoms with van der Waals surface area (Å²) < 4.78 is 7.05. The first kappa shape index (κ1) is 10.2. The van der Waals surface area contributed by atoms with Crippen molar-refractivity contribution in [3.8, 4) is 5.75 Å². The molecule has 0 amide bonds. The van der Waals surface area contributed by atoms with Gasteiger partial charge in [0.05, 0.1) is 12.7 Å². The molecule has 0 bridgehead atoms. The molecule has 0 radical (unpaired) electrons. The molecule has 0 aliphatic rings. The monoisotopic (exact) mass is 388 g/mol. The molecule has 4 heteroatoms. The summed E-state index contributed by atoms with van der Waals surface area (Å²) in [6, 6.07) is 3.78. The highest BCUT2D eigenvalue weighted by Crippen LogP contribution is 2.25. The fraction of sp³-hybridized carbons (Fsp3) is 0.125. The number of ether oxygens (including phenoxy) is 1. The zero-order valence-corrected chi connectivity index (χ0v) is 10.6. The molecule has 0 atom stereocenters. The number of hydrogen-bond acceptors (Lipinski definition) is 2. The molecule has 1 aromatic carbocycles. The van der Waals surface area contributed by atoms with Gasteiger partial charge in [0.1, 0.15) is 5.75 Å². The van der Waals surface area contributed by atoms with Crippen molar-refractivity contribution >= 4 is 51.5 Å². The Kier molecular flexibility index (Phi) is 3.76. The van der Waals surface area contributed by atoms with Gasteiger partial charge in [0.2, 0.25) is 0 Å². The first-order valence-corrected chi connectivity index (χ1v) is 5.33. The van der Waals surface area contributed by atoms with Gasteiger partial charge < -0.3 is 4.74 Å². The molecule has 0 heterocycles. The lowest BCUT2D eigenvalue weighted by atomic mass is 10.2. The summed E-state index contributed by atoms with van der Waals surface area (Å²) in [5.41, 5.74) is 0.624. The highest BCUT2D eigenvalue weighted by molar-refractivity contribution is 14.1. The Hall–Kier alpha value is 0.150. The molecule has 12 heavy (non-hydrogen) atoms. The Morgan fingerprint density at radius 1 is 1.42 bits per heavy atom. The van der Waals surface area contributed by atoms with Gasteiger partial charge in [0.25, 0.3) is 0 Å². The van der Waals surface area contributed by atoms with Gasteiger partial charge in [-0.2, -0.15) is 0 Å². The van der Waals surface area contributed by atoms with E-state index < -0.39 is 0 Å². The molecular formula is C8H6I2O2. The third-order valence-electron chi connectivity index (χ3n) is 1.39. The quantitative estimate of drug-likeness (QED) is 0.576. The van der Waals surface area contributed by atoms with E-state index in [9.17, 15) is 4.79 Å². The van der Waals surface area contributed by atoms with Crippen LogP contribution in [0.5, 0.6) is 5.75 Å². The smallest absolute Gasteiger partial charge is 0.154 e. The number of halogens is 2. The van der Waals surface area contributed by atoms with Gasteiger partial charge in [-0.15, -0.1) is 0 Å². The van der Waals surface area contributed by atoms with E-state index in [2.05, 4.69) is 45.2 Å². The minimum atomic E-state index is 0.624. The molecule has 0 aliphatic carbocycles. The maximum atomic E-state index is 10.6. The van der Waals surface area contributed by atoms with Crippen molar-refractivity contribution in [2.75, 3.05) is 7.11 Å². The molecule has 0 saturated carbocycles. The van der Waals surface area contributed by atoms with Gasteiger partial charge in [-0.3, -0.25) is 4.79 Å². The maximum Gasteiger partial charge on any atom is 0.154 e. The highest BCUT2D eigenvalue weighted by atomic mass is 127. The van der Waals surface area contributed by atoms with Crippen LogP contribution in [-0.2, 0) is 0 Å². The van der Waals surface area contributed by atoms with Gasteiger partial charge in [-0.1, -0.05) is 0 Å². The topological polar surface area (TPSA) is 26.3 Å². The SMILES string of the molecule is COc1cc(I)cc(I)c1C=O. The number of aldehydes is 1. The van der Waals surface area contributed by atoms with E-state index in [1.807, 2.05) is 12.1 Å². The number of hydrogen-bond donors (Lipinski definition) is 0. The summed E-state index contributed by atoms with van der Waals surface area (Å²) in [6.07, 6.45) is 0.816. The molecule has 0 spiro atoms. The van der Waals surface area contributed by atoms with E-state index >= 15 is 0 Å². The fourth-order valence-corrected chi connectivity index (χ4v) is 2.76. The highest BCUT2D eigenvalue weighted by Gasteiger charge is 2.07. The molecule has 0 aliphatic heterocycles. The van der Waals surface area contributed by atoms with Crippen LogP contribution in [0.1, 0.15) is 10.4 Å². The minimum Gasteiger partial charge on any atom is -0.496 e. The van der Waals surface area contributed by atoms with Crippen LogP contribution in [0.15, 0.2) is 12.1 Å². The molecular weight excluding hydrogens is 382 g/mol. The van der Waals surface area contributed by atoms with Gasteiger partial charge >= 0.3 is 0 Å². The molecule has 64 valence electrons. The van der Waals surface area contributed by atoms with Crippen LogP contribution in [0.25, 0.3) is 0 Å². The van der Waals surface area contributed by atoms with Crippen molar-refractivity contribution in [3.63, 3.8) is 0 Å². The summed E-state index contributed by atoms with van der Waals surface area (Å²) in [7, 11) is 1.56. The normalized spacial score (nSPS) is 9.58. The van der Waals surface area contributed by atoms with Crippen molar-refractivity contribution < 1.29 is 9.53 Å². The third kappa shape index (κ3) is 2.09. The van der Waals surface area contributed by atoms with E-state index in [4.69, 9.17) is 4.74 Å². The first-order valence-electron chi connectivity index (χ1n) is 3.17. The Balaban J connectivity index is 3.33. The molecule has 1 aromatic rings. The lowest BCUT2D eigenvalue weighted by Gasteiger charge is -2.05. The molecule has 1 rings (SSSR count). The average molecular weight is 388 g/mol. The molecule has 0 fully saturated rings. The maximum absolute atomic E-state index is 10.6. The van der Waals surface area contributed by atoms with Crippen LogP contribution in [0.3, 0.4) is 0 Å². The second-order valence-corrected chi connectivity index (χ2v) is 4.53. The Morgan fingerprint density at radius 2 is 2.08 bits per heavy atom. The van der Waals surface area contributed by atoms with Crippen molar-refractivity contribution in [1.82, 2.24) is 0 Å². The zero-order valence-electron chi connectivity index (χ0n) is 6.30. The largest absolute Gasteiger partial charge is 0.496 e. The second kappa shape index (κ2) is 4.40. The standard InChI is InChI=1S/C8H6I2O2/c1-12-8-3-5(9)2-7(10)6(8)4-11/h2-4H,1H3. The predicted octanol–water partition coefficient (Wildman–Crippen LogP) is 2.72. The predicted molar refractivity (Wildman–Crippen MR) is 63.8 cm³/mol. The van der Waals surface area contributed by atoms with Crippen molar-refractivity contribution in [3.05, 3.63) is 24.8 Å². The fourth-order valence-electron chi connectivity index (χ4n) is 0.844. The molecule has 0 N–H and O–H groups in total. The van der Waals surface area contributed by atoms with Gasteiger partial charge in [-0.25, -0.2) is 0 Å². The summed E-state index contributed by atoms with van der Waals surface area (Å²) in [5.74, 6) is 0.640. The lowest BCUT2D eigenvalue weighted by Crippen LogP contribution is -1.94. The number of methoxy groups -OCH3 is 1. The van der Waals surface area contributed by atoms with E-state index in [0.717, 1.165) is 13.4 Å². The number of rotatable bonds is 2. The van der Waals surface area contributed by atoms with Gasteiger partial charge in [0.15, 0.2) is 6.29 Å². The first-order chi connectivity index (χ1) is 5.69. The summed E-state index contributed by atoms with van der Waals surface area (Å²) in [6.45, 7) is 0. The molecule has 0 unspecified atom stereocenters. The van der Waals surface area contributed by atoms with Crippen LogP contribution in [0.4, 0.5) is 0 Å². The minimum absolute atomic E-state index is 0.624. The van der Waals surface area contributed by atoms with Crippen molar-refractivity contribution in [2.24, 2.45) is 0 Å². The van der Waals surface area contributed by atoms with E-state index in [0.29, 0.717) is 11.3 Å². The molecule has 0 aromatic heterocycles. The molecule has 2 nitrogen and oxygen atoms in total.